The van der Waals surface area contributed by atoms with Gasteiger partial charge in [0.05, 0.1) is 0 Å². The summed E-state index contributed by atoms with van der Waals surface area (Å²) in [7, 11) is 0.425. The quantitative estimate of drug-likeness (QED) is 0.255. The van der Waals surface area contributed by atoms with E-state index in [1.165, 1.54) is 103 Å². The van der Waals surface area contributed by atoms with Crippen molar-refractivity contribution in [1.82, 2.24) is 14.7 Å². The minimum atomic E-state index is -1.48. The van der Waals surface area contributed by atoms with Gasteiger partial charge in [-0.05, 0) is 117 Å². The average molecular weight is 416 g/mol. The maximum atomic E-state index is 5.80. The zero-order valence-electron chi connectivity index (χ0n) is 20.6. The van der Waals surface area contributed by atoms with Crippen molar-refractivity contribution in [2.24, 2.45) is 0 Å². The van der Waals surface area contributed by atoms with Crippen molar-refractivity contribution in [2.75, 3.05) is 66.0 Å². The molecule has 0 bridgehead atoms. The van der Waals surface area contributed by atoms with Crippen LogP contribution in [0.2, 0.25) is 19.1 Å². The largest absolute Gasteiger partial charge is 0.420 e. The number of hydrogen-bond acceptors (Lipinski definition) is 4. The highest BCUT2D eigenvalue weighted by molar-refractivity contribution is 6.71. The van der Waals surface area contributed by atoms with Crippen LogP contribution in [0.1, 0.15) is 66.2 Å². The Bertz CT molecular complexity index is 308. The van der Waals surface area contributed by atoms with Crippen LogP contribution < -0.4 is 0 Å². The van der Waals surface area contributed by atoms with E-state index in [4.69, 9.17) is 4.43 Å². The van der Waals surface area contributed by atoms with Gasteiger partial charge in [0.2, 0.25) is 0 Å². The molecule has 0 heterocycles. The van der Waals surface area contributed by atoms with E-state index in [0.717, 1.165) is 0 Å². The van der Waals surface area contributed by atoms with E-state index in [1.807, 2.05) is 7.11 Å². The summed E-state index contributed by atoms with van der Waals surface area (Å²) in [5.41, 5.74) is 0. The van der Waals surface area contributed by atoms with Crippen LogP contribution in [0.5, 0.6) is 0 Å². The van der Waals surface area contributed by atoms with Crippen LogP contribution in [0.25, 0.3) is 0 Å². The van der Waals surface area contributed by atoms with Crippen LogP contribution in [-0.4, -0.2) is 89.0 Å². The highest BCUT2D eigenvalue weighted by atomic mass is 28.4. The Morgan fingerprint density at radius 1 is 0.536 bits per heavy atom. The number of rotatable bonds is 20. The lowest BCUT2D eigenvalue weighted by molar-refractivity contribution is 0.211. The fraction of sp³-hybridized carbons (Fsp3) is 1.00. The molecule has 28 heavy (non-hydrogen) atoms. The first-order chi connectivity index (χ1) is 13.4. The van der Waals surface area contributed by atoms with Crippen LogP contribution in [0.4, 0.5) is 0 Å². The molecule has 170 valence electrons. The lowest BCUT2D eigenvalue weighted by atomic mass is 10.2. The molecule has 0 aliphatic rings. The lowest BCUT2D eigenvalue weighted by Gasteiger charge is -2.29. The highest BCUT2D eigenvalue weighted by Gasteiger charge is 2.21. The minimum Gasteiger partial charge on any atom is -0.420 e. The van der Waals surface area contributed by atoms with E-state index in [0.29, 0.717) is 0 Å². The predicted octanol–water partition coefficient (Wildman–Crippen LogP) is 5.16. The molecule has 0 radical (unpaired) electrons. The molecule has 0 fully saturated rings. The summed E-state index contributed by atoms with van der Waals surface area (Å²) in [5, 5.41) is 0. The molecular weight excluding hydrogens is 362 g/mol. The molecule has 0 spiro atoms. The van der Waals surface area contributed by atoms with Crippen molar-refractivity contribution in [3.8, 4) is 0 Å². The van der Waals surface area contributed by atoms with Gasteiger partial charge in [-0.1, -0.05) is 27.7 Å². The van der Waals surface area contributed by atoms with Gasteiger partial charge in [0.25, 0.3) is 0 Å². The second-order valence-electron chi connectivity index (χ2n) is 8.95. The van der Waals surface area contributed by atoms with Crippen molar-refractivity contribution in [3.05, 3.63) is 0 Å². The Morgan fingerprint density at radius 2 is 0.857 bits per heavy atom. The van der Waals surface area contributed by atoms with Crippen LogP contribution in [0.15, 0.2) is 0 Å². The van der Waals surface area contributed by atoms with E-state index in [1.54, 1.807) is 0 Å². The van der Waals surface area contributed by atoms with Gasteiger partial charge < -0.3 is 19.1 Å². The van der Waals surface area contributed by atoms with Gasteiger partial charge in [-0.2, -0.15) is 0 Å². The van der Waals surface area contributed by atoms with E-state index >= 15 is 0 Å². The molecule has 0 aromatic carbocycles. The normalized spacial score (nSPS) is 12.6. The molecule has 0 saturated carbocycles. The lowest BCUT2D eigenvalue weighted by Crippen LogP contribution is -2.38. The predicted molar refractivity (Wildman–Crippen MR) is 129 cm³/mol. The molecule has 0 N–H and O–H groups in total. The smallest absolute Gasteiger partial charge is 0.187 e. The average Bonchev–Trinajstić information content (AvgIpc) is 2.66. The molecule has 0 aromatic heterocycles. The molecule has 0 saturated heterocycles. The van der Waals surface area contributed by atoms with E-state index < -0.39 is 8.32 Å². The molecule has 0 atom stereocenters. The van der Waals surface area contributed by atoms with Crippen molar-refractivity contribution in [1.29, 1.82) is 0 Å². The van der Waals surface area contributed by atoms with Crippen LogP contribution >= 0.6 is 0 Å². The fourth-order valence-corrected chi connectivity index (χ4v) is 4.90. The Hall–Kier alpha value is 0.0569. The third-order valence-electron chi connectivity index (χ3n) is 5.64. The molecule has 0 aromatic rings. The monoisotopic (exact) mass is 415 g/mol. The molecule has 0 aliphatic carbocycles. The minimum absolute atomic E-state index is 1.20. The number of hydrogen-bond donors (Lipinski definition) is 0. The first kappa shape index (κ1) is 28.1. The summed E-state index contributed by atoms with van der Waals surface area (Å²) in [6.45, 7) is 25.1. The van der Waals surface area contributed by atoms with Crippen molar-refractivity contribution < 1.29 is 4.43 Å². The third kappa shape index (κ3) is 15.0. The van der Waals surface area contributed by atoms with Gasteiger partial charge >= 0.3 is 0 Å². The summed E-state index contributed by atoms with van der Waals surface area (Å²) in [4.78, 5) is 8.02. The van der Waals surface area contributed by atoms with Crippen molar-refractivity contribution >= 4 is 8.32 Å². The summed E-state index contributed by atoms with van der Waals surface area (Å²) >= 11 is 0. The summed E-state index contributed by atoms with van der Waals surface area (Å²) in [6, 6.07) is 1.24. The summed E-state index contributed by atoms with van der Waals surface area (Å²) in [6.07, 6.45) is 7.65. The maximum absolute atomic E-state index is 5.80. The molecule has 0 aliphatic heterocycles. The zero-order chi connectivity index (χ0) is 21.3. The van der Waals surface area contributed by atoms with Crippen LogP contribution in [0, 0.1) is 0 Å². The van der Waals surface area contributed by atoms with Crippen molar-refractivity contribution in [3.63, 3.8) is 0 Å². The molecule has 0 amide bonds. The maximum Gasteiger partial charge on any atom is 0.187 e. The Kier molecular flexibility index (Phi) is 17.9. The Balaban J connectivity index is 4.51. The third-order valence-corrected chi connectivity index (χ3v) is 8.17. The first-order valence-corrected chi connectivity index (χ1v) is 15.3. The molecule has 4 nitrogen and oxygen atoms in total. The number of nitrogens with zero attached hydrogens (tertiary/aromatic N) is 3. The molecule has 0 rings (SSSR count). The second kappa shape index (κ2) is 17.9. The van der Waals surface area contributed by atoms with E-state index in [9.17, 15) is 0 Å². The Labute approximate surface area is 179 Å². The topological polar surface area (TPSA) is 19.0 Å². The zero-order valence-corrected chi connectivity index (χ0v) is 21.6. The SMILES string of the molecule is CCCN(CCC)CCCN(CCCN(CCC)CCC)CC[Si](C)(C)OC. The summed E-state index contributed by atoms with van der Waals surface area (Å²) in [5.74, 6) is 0. The molecule has 5 heteroatoms. The van der Waals surface area contributed by atoms with Gasteiger partial charge in [-0.15, -0.1) is 0 Å². The summed E-state index contributed by atoms with van der Waals surface area (Å²) < 4.78 is 5.80. The van der Waals surface area contributed by atoms with Gasteiger partial charge in [0, 0.05) is 7.11 Å². The van der Waals surface area contributed by atoms with Gasteiger partial charge in [0.1, 0.15) is 0 Å². The van der Waals surface area contributed by atoms with Crippen molar-refractivity contribution in [2.45, 2.75) is 85.4 Å². The van der Waals surface area contributed by atoms with Crippen LogP contribution in [0.3, 0.4) is 0 Å². The van der Waals surface area contributed by atoms with Crippen LogP contribution in [-0.2, 0) is 4.43 Å². The second-order valence-corrected chi connectivity index (χ2v) is 13.4. The van der Waals surface area contributed by atoms with E-state index in [-0.39, 0.29) is 0 Å². The van der Waals surface area contributed by atoms with E-state index in [2.05, 4.69) is 55.5 Å². The standard InChI is InChI=1S/C23H53N3OSi/c1-8-14-24(15-9-2)18-12-20-26(22-23-28(6,7)27-5)21-13-19-25(16-10-3)17-11-4/h8-23H2,1-7H3. The van der Waals surface area contributed by atoms with Gasteiger partial charge in [0.15, 0.2) is 8.32 Å². The molecular formula is C23H53N3OSi. The molecule has 0 unspecified atom stereocenters. The Morgan fingerprint density at radius 3 is 1.14 bits per heavy atom. The van der Waals surface area contributed by atoms with Gasteiger partial charge in [-0.25, -0.2) is 0 Å². The first-order valence-electron chi connectivity index (χ1n) is 12.1. The fourth-order valence-electron chi connectivity index (χ4n) is 3.84. The highest BCUT2D eigenvalue weighted by Crippen LogP contribution is 2.12. The van der Waals surface area contributed by atoms with Gasteiger partial charge in [-0.3, -0.25) is 0 Å².